The van der Waals surface area contributed by atoms with Crippen molar-refractivity contribution in [1.82, 2.24) is 4.98 Å². The van der Waals surface area contributed by atoms with Crippen LogP contribution in [0.25, 0.3) is 10.9 Å². The van der Waals surface area contributed by atoms with Gasteiger partial charge in [-0.15, -0.1) is 0 Å². The number of rotatable bonds is 2. The first-order chi connectivity index (χ1) is 7.63. The third kappa shape index (κ3) is 1.68. The molecule has 1 aromatic heterocycles. The number of aromatic nitrogens is 1. The third-order valence-corrected chi connectivity index (χ3v) is 3.05. The molecule has 2 rings (SSSR count). The molecular weight excluding hydrogens is 270 g/mol. The fourth-order valence-electron chi connectivity index (χ4n) is 1.60. The molecule has 0 radical (unpaired) electrons. The molecule has 1 aromatic carbocycles. The quantitative estimate of drug-likeness (QED) is 0.826. The van der Waals surface area contributed by atoms with Crippen molar-refractivity contribution >= 4 is 32.7 Å². The lowest BCUT2D eigenvalue weighted by atomic mass is 10.1. The Bertz CT molecular complexity index is 597. The molecule has 0 fully saturated rings. The first-order valence-corrected chi connectivity index (χ1v) is 5.50. The van der Waals surface area contributed by atoms with E-state index in [1.165, 1.54) is 0 Å². The van der Waals surface area contributed by atoms with Gasteiger partial charge >= 0.3 is 0 Å². The number of nitrogens with one attached hydrogen (secondary N) is 1. The van der Waals surface area contributed by atoms with Gasteiger partial charge in [-0.05, 0) is 17.7 Å². The Hall–Kier alpha value is -1.80. The van der Waals surface area contributed by atoms with Crippen molar-refractivity contribution in [2.24, 2.45) is 5.73 Å². The zero-order chi connectivity index (χ0) is 11.7. The van der Waals surface area contributed by atoms with Gasteiger partial charge in [-0.2, -0.15) is 5.26 Å². The molecule has 1 heterocycles. The second-order valence-electron chi connectivity index (χ2n) is 3.35. The molecule has 2 aromatic rings. The highest BCUT2D eigenvalue weighted by molar-refractivity contribution is 9.09. The van der Waals surface area contributed by atoms with Crippen molar-refractivity contribution in [2.75, 3.05) is 0 Å². The molecule has 0 aliphatic carbocycles. The van der Waals surface area contributed by atoms with E-state index in [0.717, 1.165) is 16.5 Å². The number of hydrogen-bond donors (Lipinski definition) is 2. The Morgan fingerprint density at radius 1 is 1.56 bits per heavy atom. The van der Waals surface area contributed by atoms with Gasteiger partial charge in [0, 0.05) is 10.9 Å². The summed E-state index contributed by atoms with van der Waals surface area (Å²) in [5.74, 6) is -0.509. The molecule has 5 heteroatoms. The average Bonchev–Trinajstić information content (AvgIpc) is 2.71. The maximum Gasteiger partial charge on any atom is 0.265 e. The Kier molecular flexibility index (Phi) is 2.67. The maximum atomic E-state index is 11.0. The minimum absolute atomic E-state index is 0.347. The highest BCUT2D eigenvalue weighted by Gasteiger charge is 2.13. The minimum Gasteiger partial charge on any atom is -0.364 e. The molecule has 0 aliphatic heterocycles. The molecule has 4 nitrogen and oxygen atoms in total. The van der Waals surface area contributed by atoms with Gasteiger partial charge in [0.1, 0.15) is 10.5 Å². The zero-order valence-corrected chi connectivity index (χ0v) is 9.78. The van der Waals surface area contributed by atoms with E-state index in [0.29, 0.717) is 5.69 Å². The van der Waals surface area contributed by atoms with Crippen molar-refractivity contribution in [3.8, 4) is 6.07 Å². The van der Waals surface area contributed by atoms with Crippen molar-refractivity contribution in [3.05, 3.63) is 35.5 Å². The number of nitrogens with zero attached hydrogens (tertiary/aromatic N) is 1. The van der Waals surface area contributed by atoms with E-state index >= 15 is 0 Å². The highest BCUT2D eigenvalue weighted by Crippen LogP contribution is 2.29. The number of primary amides is 1. The number of carbonyl (C=O) groups is 1. The van der Waals surface area contributed by atoms with Gasteiger partial charge in [0.2, 0.25) is 0 Å². The summed E-state index contributed by atoms with van der Waals surface area (Å²) in [7, 11) is 0. The van der Waals surface area contributed by atoms with Crippen LogP contribution in [0.3, 0.4) is 0 Å². The van der Waals surface area contributed by atoms with Gasteiger partial charge in [0.25, 0.3) is 5.91 Å². The van der Waals surface area contributed by atoms with E-state index in [2.05, 4.69) is 27.0 Å². The van der Waals surface area contributed by atoms with Crippen LogP contribution >= 0.6 is 15.9 Å². The fraction of sp³-hybridized carbons (Fsp3) is 0.0909. The topological polar surface area (TPSA) is 82.7 Å². The maximum absolute atomic E-state index is 11.0. The molecular formula is C11H8BrN3O. The average molecular weight is 278 g/mol. The first-order valence-electron chi connectivity index (χ1n) is 4.58. The lowest BCUT2D eigenvalue weighted by Crippen LogP contribution is -2.10. The largest absolute Gasteiger partial charge is 0.364 e. The summed E-state index contributed by atoms with van der Waals surface area (Å²) in [6, 6.07) is 9.26. The Morgan fingerprint density at radius 3 is 2.94 bits per heavy atom. The molecule has 0 bridgehead atoms. The van der Waals surface area contributed by atoms with Crippen LogP contribution in [0.5, 0.6) is 0 Å². The molecule has 1 unspecified atom stereocenters. The van der Waals surface area contributed by atoms with Crippen molar-refractivity contribution in [2.45, 2.75) is 4.83 Å². The van der Waals surface area contributed by atoms with Crippen molar-refractivity contribution < 1.29 is 4.79 Å². The second-order valence-corrected chi connectivity index (χ2v) is 4.26. The minimum atomic E-state index is -0.509. The summed E-state index contributed by atoms with van der Waals surface area (Å²) >= 11 is 3.26. The van der Waals surface area contributed by atoms with E-state index in [4.69, 9.17) is 11.0 Å². The summed E-state index contributed by atoms with van der Waals surface area (Å²) in [5, 5.41) is 9.70. The Labute approximate surface area is 100 Å². The fourth-order valence-corrected chi connectivity index (χ4v) is 2.00. The standard InChI is InChI=1S/C11H8BrN3O/c12-8(5-13)6-2-1-3-9-7(6)4-10(15-9)11(14)16/h1-4,8,15H,(H2,14,16). The number of fused-ring (bicyclic) bond motifs is 1. The van der Waals surface area contributed by atoms with Crippen LogP contribution in [0.4, 0.5) is 0 Å². The summed E-state index contributed by atoms with van der Waals surface area (Å²) in [4.78, 5) is 13.5. The van der Waals surface area contributed by atoms with Gasteiger partial charge in [-0.25, -0.2) is 0 Å². The number of nitrogens with two attached hydrogens (primary N) is 1. The van der Waals surface area contributed by atoms with Gasteiger partial charge in [-0.1, -0.05) is 28.1 Å². The second kappa shape index (κ2) is 3.99. The summed E-state index contributed by atoms with van der Waals surface area (Å²) in [6.07, 6.45) is 0. The highest BCUT2D eigenvalue weighted by atomic mass is 79.9. The lowest BCUT2D eigenvalue weighted by molar-refractivity contribution is 0.0996. The number of amides is 1. The normalized spacial score (nSPS) is 12.2. The summed E-state index contributed by atoms with van der Waals surface area (Å²) in [5.41, 5.74) is 7.16. The monoisotopic (exact) mass is 277 g/mol. The van der Waals surface area contributed by atoms with Crippen LogP contribution in [0.1, 0.15) is 20.9 Å². The number of hydrogen-bond acceptors (Lipinski definition) is 2. The van der Waals surface area contributed by atoms with E-state index in [9.17, 15) is 4.79 Å². The SMILES string of the molecule is N#CC(Br)c1cccc2[nH]c(C(N)=O)cc12. The Balaban J connectivity index is 2.68. The van der Waals surface area contributed by atoms with Gasteiger partial charge < -0.3 is 10.7 Å². The van der Waals surface area contributed by atoms with Gasteiger partial charge in [0.05, 0.1) is 6.07 Å². The smallest absolute Gasteiger partial charge is 0.265 e. The molecule has 0 spiro atoms. The van der Waals surface area contributed by atoms with E-state index < -0.39 is 10.7 Å². The summed E-state index contributed by atoms with van der Waals surface area (Å²) in [6.45, 7) is 0. The number of halogens is 1. The number of H-pyrrole nitrogens is 1. The van der Waals surface area contributed by atoms with E-state index in [1.54, 1.807) is 6.07 Å². The number of carbonyl (C=O) groups excluding carboxylic acids is 1. The third-order valence-electron chi connectivity index (χ3n) is 2.35. The van der Waals surface area contributed by atoms with Crippen LogP contribution in [0, 0.1) is 11.3 Å². The van der Waals surface area contributed by atoms with Gasteiger partial charge in [0.15, 0.2) is 0 Å². The first kappa shape index (κ1) is 10.7. The number of alkyl halides is 1. The van der Waals surface area contributed by atoms with Crippen LogP contribution in [0.15, 0.2) is 24.3 Å². The molecule has 0 saturated heterocycles. The van der Waals surface area contributed by atoms with Crippen molar-refractivity contribution in [1.29, 1.82) is 5.26 Å². The molecule has 0 aliphatic rings. The molecule has 3 N–H and O–H groups in total. The van der Waals surface area contributed by atoms with Gasteiger partial charge in [-0.3, -0.25) is 4.79 Å². The molecule has 16 heavy (non-hydrogen) atoms. The van der Waals surface area contributed by atoms with Crippen molar-refractivity contribution in [3.63, 3.8) is 0 Å². The predicted molar refractivity (Wildman–Crippen MR) is 64.1 cm³/mol. The van der Waals surface area contributed by atoms with Crippen LogP contribution in [-0.2, 0) is 0 Å². The molecule has 80 valence electrons. The van der Waals surface area contributed by atoms with Crippen LogP contribution < -0.4 is 5.73 Å². The number of benzene rings is 1. The molecule has 1 amide bonds. The summed E-state index contributed by atoms with van der Waals surface area (Å²) < 4.78 is 0. The zero-order valence-electron chi connectivity index (χ0n) is 8.20. The number of nitriles is 1. The van der Waals surface area contributed by atoms with Crippen LogP contribution in [0.2, 0.25) is 0 Å². The van der Waals surface area contributed by atoms with Crippen LogP contribution in [-0.4, -0.2) is 10.9 Å². The number of aromatic amines is 1. The molecule has 0 saturated carbocycles. The lowest BCUT2D eigenvalue weighted by Gasteiger charge is -2.02. The molecule has 1 atom stereocenters. The predicted octanol–water partition coefficient (Wildman–Crippen LogP) is 2.23. The Morgan fingerprint density at radius 2 is 2.31 bits per heavy atom. The van der Waals surface area contributed by atoms with E-state index in [-0.39, 0.29) is 0 Å². The van der Waals surface area contributed by atoms with E-state index in [1.807, 2.05) is 18.2 Å².